The molecule has 0 bridgehead atoms. The molecule has 1 aliphatic carbocycles. The third-order valence-corrected chi connectivity index (χ3v) is 4.95. The van der Waals surface area contributed by atoms with Gasteiger partial charge in [-0.25, -0.2) is 9.67 Å². The number of halogens is 2. The van der Waals surface area contributed by atoms with Crippen LogP contribution in [0.1, 0.15) is 24.9 Å². The van der Waals surface area contributed by atoms with Crippen molar-refractivity contribution in [3.05, 3.63) is 42.5 Å². The Balaban J connectivity index is 1.72. The van der Waals surface area contributed by atoms with E-state index < -0.39 is 4.33 Å². The first-order valence-electron chi connectivity index (χ1n) is 6.99. The fourth-order valence-corrected chi connectivity index (χ4v) is 2.88. The van der Waals surface area contributed by atoms with Gasteiger partial charge in [0.25, 0.3) is 0 Å². The van der Waals surface area contributed by atoms with Crippen LogP contribution in [0.5, 0.6) is 0 Å². The van der Waals surface area contributed by atoms with Crippen molar-refractivity contribution in [1.29, 1.82) is 0 Å². The molecule has 2 aromatic rings. The van der Waals surface area contributed by atoms with Crippen molar-refractivity contribution >= 4 is 29.1 Å². The maximum absolute atomic E-state index is 12.3. The summed E-state index contributed by atoms with van der Waals surface area (Å²) < 4.78 is 0.796. The maximum atomic E-state index is 12.3. The Hall–Kier alpha value is -1.59. The van der Waals surface area contributed by atoms with Crippen molar-refractivity contribution in [2.75, 3.05) is 7.05 Å². The second-order valence-corrected chi connectivity index (χ2v) is 7.12. The van der Waals surface area contributed by atoms with Crippen LogP contribution in [0.25, 0.3) is 5.69 Å². The molecule has 1 aliphatic rings. The third-order valence-electron chi connectivity index (χ3n) is 4.11. The molecule has 116 valence electrons. The summed E-state index contributed by atoms with van der Waals surface area (Å²) in [6, 6.07) is 7.80. The van der Waals surface area contributed by atoms with Crippen molar-refractivity contribution in [2.45, 2.75) is 23.7 Å². The van der Waals surface area contributed by atoms with Gasteiger partial charge in [0.1, 0.15) is 17.0 Å². The van der Waals surface area contributed by atoms with E-state index in [-0.39, 0.29) is 17.9 Å². The number of carbonyl (C=O) groups excluding carboxylic acids is 1. The number of hydrogen-bond acceptors (Lipinski definition) is 3. The number of aromatic nitrogens is 3. The van der Waals surface area contributed by atoms with E-state index in [9.17, 15) is 4.79 Å². The van der Waals surface area contributed by atoms with Gasteiger partial charge in [-0.2, -0.15) is 5.10 Å². The van der Waals surface area contributed by atoms with Gasteiger partial charge in [0, 0.05) is 7.05 Å². The molecule has 0 N–H and O–H groups in total. The van der Waals surface area contributed by atoms with E-state index in [2.05, 4.69) is 10.1 Å². The number of alkyl halides is 2. The molecule has 1 aromatic carbocycles. The minimum absolute atomic E-state index is 0.0159. The van der Waals surface area contributed by atoms with Crippen molar-refractivity contribution in [2.24, 2.45) is 5.92 Å². The Bertz CT molecular complexity index is 669. The summed E-state index contributed by atoms with van der Waals surface area (Å²) in [5, 5.41) is 4.08. The van der Waals surface area contributed by atoms with Gasteiger partial charge >= 0.3 is 0 Å². The van der Waals surface area contributed by atoms with Crippen LogP contribution in [0.2, 0.25) is 0 Å². The van der Waals surface area contributed by atoms with Crippen LogP contribution in [-0.4, -0.2) is 37.0 Å². The van der Waals surface area contributed by atoms with E-state index in [1.807, 2.05) is 31.2 Å². The first-order valence-corrected chi connectivity index (χ1v) is 7.75. The average Bonchev–Trinajstić information content (AvgIpc) is 2.94. The van der Waals surface area contributed by atoms with Gasteiger partial charge in [0.2, 0.25) is 5.91 Å². The smallest absolute Gasteiger partial charge is 0.229 e. The Labute approximate surface area is 138 Å². The first kappa shape index (κ1) is 15.3. The highest BCUT2D eigenvalue weighted by Crippen LogP contribution is 2.54. The van der Waals surface area contributed by atoms with Gasteiger partial charge in [-0.15, -0.1) is 23.2 Å². The van der Waals surface area contributed by atoms with E-state index in [1.54, 1.807) is 23.0 Å². The third kappa shape index (κ3) is 2.83. The molecular formula is C15H16Cl2N4O. The molecule has 2 unspecified atom stereocenters. The summed E-state index contributed by atoms with van der Waals surface area (Å²) in [6.07, 6.45) is 3.65. The number of benzene rings is 1. The summed E-state index contributed by atoms with van der Waals surface area (Å²) in [6.45, 7) is 1.98. The lowest BCUT2D eigenvalue weighted by Gasteiger charge is -2.26. The van der Waals surface area contributed by atoms with Crippen LogP contribution in [0.4, 0.5) is 0 Å². The van der Waals surface area contributed by atoms with Crippen LogP contribution in [0.3, 0.4) is 0 Å². The van der Waals surface area contributed by atoms with E-state index in [0.717, 1.165) is 11.3 Å². The summed E-state index contributed by atoms with van der Waals surface area (Å²) in [7, 11) is 1.78. The van der Waals surface area contributed by atoms with Crippen molar-refractivity contribution in [3.8, 4) is 5.69 Å². The highest BCUT2D eigenvalue weighted by Gasteiger charge is 2.57. The second kappa shape index (κ2) is 5.56. The van der Waals surface area contributed by atoms with E-state index >= 15 is 0 Å². The summed E-state index contributed by atoms with van der Waals surface area (Å²) in [4.78, 5) is 17.9. The standard InChI is InChI=1S/C15H16Cl2N4O/c1-10(20(2)14(22)13-7-15(13,16)17)11-3-5-12(6-4-11)21-9-18-8-19-21/h3-6,8-10,13H,7H2,1-2H3. The number of carbonyl (C=O) groups is 1. The van der Waals surface area contributed by atoms with Crippen LogP contribution in [-0.2, 0) is 4.79 Å². The van der Waals surface area contributed by atoms with Crippen LogP contribution in [0, 0.1) is 5.92 Å². The second-order valence-electron chi connectivity index (χ2n) is 5.57. The Kier molecular flexibility index (Phi) is 3.87. The normalized spacial score (nSPS) is 20.5. The lowest BCUT2D eigenvalue weighted by atomic mass is 10.1. The Morgan fingerprint density at radius 1 is 1.41 bits per heavy atom. The number of hydrogen-bond donors (Lipinski definition) is 0. The lowest BCUT2D eigenvalue weighted by Crippen LogP contribution is -2.32. The molecule has 2 atom stereocenters. The molecule has 5 nitrogen and oxygen atoms in total. The van der Waals surface area contributed by atoms with E-state index in [1.165, 1.54) is 6.33 Å². The summed E-state index contributed by atoms with van der Waals surface area (Å²) in [5.41, 5.74) is 1.96. The fraction of sp³-hybridized carbons (Fsp3) is 0.400. The van der Waals surface area contributed by atoms with Crippen LogP contribution in [0.15, 0.2) is 36.9 Å². The predicted molar refractivity (Wildman–Crippen MR) is 85.1 cm³/mol. The molecule has 1 amide bonds. The Morgan fingerprint density at radius 3 is 2.55 bits per heavy atom. The molecular weight excluding hydrogens is 323 g/mol. The van der Waals surface area contributed by atoms with Crippen molar-refractivity contribution in [1.82, 2.24) is 19.7 Å². The van der Waals surface area contributed by atoms with Gasteiger partial charge in [0.15, 0.2) is 0 Å². The van der Waals surface area contributed by atoms with Gasteiger partial charge in [-0.1, -0.05) is 12.1 Å². The maximum Gasteiger partial charge on any atom is 0.229 e. The predicted octanol–water partition coefficient (Wildman–Crippen LogP) is 2.98. The van der Waals surface area contributed by atoms with Gasteiger partial charge in [-0.3, -0.25) is 4.79 Å². The van der Waals surface area contributed by atoms with E-state index in [4.69, 9.17) is 23.2 Å². The van der Waals surface area contributed by atoms with Gasteiger partial charge in [0.05, 0.1) is 17.6 Å². The minimum Gasteiger partial charge on any atom is -0.339 e. The first-order chi connectivity index (χ1) is 10.4. The lowest BCUT2D eigenvalue weighted by molar-refractivity contribution is -0.133. The molecule has 1 heterocycles. The van der Waals surface area contributed by atoms with Crippen LogP contribution < -0.4 is 0 Å². The van der Waals surface area contributed by atoms with Crippen LogP contribution >= 0.6 is 23.2 Å². The van der Waals surface area contributed by atoms with E-state index in [0.29, 0.717) is 6.42 Å². The monoisotopic (exact) mass is 338 g/mol. The molecule has 1 fully saturated rings. The molecule has 7 heteroatoms. The zero-order valence-corrected chi connectivity index (χ0v) is 13.8. The molecule has 0 saturated heterocycles. The summed E-state index contributed by atoms with van der Waals surface area (Å²) >= 11 is 12.0. The highest BCUT2D eigenvalue weighted by atomic mass is 35.5. The molecule has 3 rings (SSSR count). The van der Waals surface area contributed by atoms with Crippen molar-refractivity contribution in [3.63, 3.8) is 0 Å². The zero-order chi connectivity index (χ0) is 15.9. The molecule has 0 radical (unpaired) electrons. The number of rotatable bonds is 4. The topological polar surface area (TPSA) is 51.0 Å². The van der Waals surface area contributed by atoms with Gasteiger partial charge in [-0.05, 0) is 31.0 Å². The largest absolute Gasteiger partial charge is 0.339 e. The highest BCUT2D eigenvalue weighted by molar-refractivity contribution is 6.52. The number of nitrogens with zero attached hydrogens (tertiary/aromatic N) is 4. The Morgan fingerprint density at radius 2 is 2.05 bits per heavy atom. The molecule has 0 aliphatic heterocycles. The van der Waals surface area contributed by atoms with Gasteiger partial charge < -0.3 is 4.90 Å². The quantitative estimate of drug-likeness (QED) is 0.805. The zero-order valence-electron chi connectivity index (χ0n) is 12.3. The van der Waals surface area contributed by atoms with Crippen molar-refractivity contribution < 1.29 is 4.79 Å². The fourth-order valence-electron chi connectivity index (χ4n) is 2.39. The number of amides is 1. The SMILES string of the molecule is CC(c1ccc(-n2cncn2)cc1)N(C)C(=O)C1CC1(Cl)Cl. The minimum atomic E-state index is -0.887. The summed E-state index contributed by atoms with van der Waals surface area (Å²) in [5.74, 6) is -0.310. The average molecular weight is 339 g/mol. The molecule has 22 heavy (non-hydrogen) atoms. The molecule has 1 saturated carbocycles. The molecule has 0 spiro atoms. The molecule has 1 aromatic heterocycles.